The number of nitrogens with zero attached hydrogens (tertiary/aromatic N) is 5. The molecule has 1 aliphatic carbocycles. The maximum absolute atomic E-state index is 12.8. The van der Waals surface area contributed by atoms with Crippen molar-refractivity contribution in [3.8, 4) is 0 Å². The Kier molecular flexibility index (Phi) is 4.36. The molecule has 1 saturated heterocycles. The Morgan fingerprint density at radius 2 is 2.15 bits per heavy atom. The van der Waals surface area contributed by atoms with Gasteiger partial charge in [0.25, 0.3) is 5.91 Å². The van der Waals surface area contributed by atoms with Crippen molar-refractivity contribution in [3.63, 3.8) is 0 Å². The molecule has 3 heterocycles. The number of anilines is 1. The van der Waals surface area contributed by atoms with E-state index < -0.39 is 5.60 Å². The van der Waals surface area contributed by atoms with Crippen LogP contribution in [0, 0.1) is 0 Å². The predicted octanol–water partition coefficient (Wildman–Crippen LogP) is 0.792. The Balaban J connectivity index is 1.45. The number of likely N-dealkylation sites (N-methyl/N-ethyl adjacent to an activating group) is 1. The van der Waals surface area contributed by atoms with E-state index in [4.69, 9.17) is 0 Å². The summed E-state index contributed by atoms with van der Waals surface area (Å²) in [5.74, 6) is 0.482. The zero-order chi connectivity index (χ0) is 18.1. The van der Waals surface area contributed by atoms with Gasteiger partial charge in [-0.3, -0.25) is 9.89 Å². The van der Waals surface area contributed by atoms with Gasteiger partial charge in [0, 0.05) is 37.2 Å². The van der Waals surface area contributed by atoms with Crippen LogP contribution in [-0.2, 0) is 12.8 Å². The lowest BCUT2D eigenvalue weighted by Gasteiger charge is -2.41. The van der Waals surface area contributed by atoms with Gasteiger partial charge in [-0.15, -0.1) is 0 Å². The summed E-state index contributed by atoms with van der Waals surface area (Å²) < 4.78 is 0. The number of aromatic nitrogens is 4. The van der Waals surface area contributed by atoms with Crippen LogP contribution in [0.2, 0.25) is 0 Å². The Bertz CT molecular complexity index is 792. The van der Waals surface area contributed by atoms with E-state index in [9.17, 15) is 9.90 Å². The van der Waals surface area contributed by atoms with Gasteiger partial charge in [-0.05, 0) is 38.2 Å². The summed E-state index contributed by atoms with van der Waals surface area (Å²) in [7, 11) is 1.73. The van der Waals surface area contributed by atoms with Crippen LogP contribution in [0.25, 0.3) is 0 Å². The van der Waals surface area contributed by atoms with Gasteiger partial charge >= 0.3 is 0 Å². The van der Waals surface area contributed by atoms with Crippen molar-refractivity contribution in [1.82, 2.24) is 25.1 Å². The minimum absolute atomic E-state index is 0.133. The van der Waals surface area contributed by atoms with Crippen molar-refractivity contribution in [2.45, 2.75) is 37.7 Å². The first kappa shape index (κ1) is 17.0. The molecule has 0 saturated carbocycles. The zero-order valence-electron chi connectivity index (χ0n) is 15.0. The molecule has 2 N–H and O–H groups in total. The molecule has 8 nitrogen and oxygen atoms in total. The van der Waals surface area contributed by atoms with Gasteiger partial charge in [0.1, 0.15) is 0 Å². The molecule has 2 aromatic heterocycles. The number of β-amino-alcohol motifs (C(OH)–C–C–N with tert-alkyl or cyclic N) is 1. The molecular weight excluding hydrogens is 332 g/mol. The fourth-order valence-electron chi connectivity index (χ4n) is 4.06. The van der Waals surface area contributed by atoms with Crippen LogP contribution in [-0.4, -0.2) is 68.4 Å². The molecule has 0 bridgehead atoms. The second-order valence-corrected chi connectivity index (χ2v) is 7.34. The Labute approximate surface area is 152 Å². The first-order chi connectivity index (χ1) is 12.6. The number of carbonyl (C=O) groups excluding carboxylic acids is 1. The summed E-state index contributed by atoms with van der Waals surface area (Å²) in [5.41, 5.74) is 1.63. The van der Waals surface area contributed by atoms with Crippen molar-refractivity contribution in [1.29, 1.82) is 0 Å². The third-order valence-corrected chi connectivity index (χ3v) is 5.28. The minimum Gasteiger partial charge on any atom is -0.386 e. The highest BCUT2D eigenvalue weighted by Gasteiger charge is 2.37. The number of piperidine rings is 1. The molecule has 1 aliphatic heterocycles. The van der Waals surface area contributed by atoms with Gasteiger partial charge in [0.15, 0.2) is 5.69 Å². The summed E-state index contributed by atoms with van der Waals surface area (Å²) in [6.07, 6.45) is 7.78. The van der Waals surface area contributed by atoms with Crippen LogP contribution < -0.4 is 4.90 Å². The van der Waals surface area contributed by atoms with E-state index in [1.807, 2.05) is 4.90 Å². The molecule has 8 heteroatoms. The van der Waals surface area contributed by atoms with E-state index in [0.29, 0.717) is 24.6 Å². The molecule has 0 radical (unpaired) electrons. The second kappa shape index (κ2) is 6.68. The molecule has 0 aromatic carbocycles. The monoisotopic (exact) mass is 356 g/mol. The molecule has 1 amide bonds. The number of aliphatic hydroxyl groups is 1. The number of amides is 1. The lowest BCUT2D eigenvalue weighted by molar-refractivity contribution is -0.000471. The molecule has 1 fully saturated rings. The molecule has 0 spiro atoms. The summed E-state index contributed by atoms with van der Waals surface area (Å²) in [6, 6.07) is 1.77. The van der Waals surface area contributed by atoms with Crippen molar-refractivity contribution in [2.24, 2.45) is 0 Å². The van der Waals surface area contributed by atoms with Gasteiger partial charge in [-0.2, -0.15) is 5.10 Å². The summed E-state index contributed by atoms with van der Waals surface area (Å²) in [4.78, 5) is 24.9. The normalized spacial score (nSPS) is 22.3. The van der Waals surface area contributed by atoms with Crippen LogP contribution in [0.4, 0.5) is 5.95 Å². The number of rotatable bonds is 4. The molecule has 1 atom stereocenters. The fourth-order valence-corrected chi connectivity index (χ4v) is 4.06. The fraction of sp³-hybridized carbons (Fsp3) is 0.556. The molecule has 138 valence electrons. The summed E-state index contributed by atoms with van der Waals surface area (Å²) >= 11 is 0. The Hall–Kier alpha value is -2.48. The van der Waals surface area contributed by atoms with E-state index >= 15 is 0 Å². The van der Waals surface area contributed by atoms with E-state index in [1.54, 1.807) is 30.4 Å². The Morgan fingerprint density at radius 1 is 1.35 bits per heavy atom. The highest BCUT2D eigenvalue weighted by Crippen LogP contribution is 2.27. The van der Waals surface area contributed by atoms with Crippen molar-refractivity contribution in [3.05, 3.63) is 35.4 Å². The standard InChI is InChI=1S/C18H24N6O2/c1-23(16(25)15-13-5-2-6-14(13)21-22-15)11-18(26)7-3-10-24(12-18)17-19-8-4-9-20-17/h4,8-9,26H,2-3,5-7,10-12H2,1H3,(H,21,22)/t18-/m1/s1. The zero-order valence-corrected chi connectivity index (χ0v) is 15.0. The lowest BCUT2D eigenvalue weighted by atomic mass is 9.92. The van der Waals surface area contributed by atoms with Crippen molar-refractivity contribution in [2.75, 3.05) is 31.6 Å². The maximum Gasteiger partial charge on any atom is 0.274 e. The third kappa shape index (κ3) is 3.16. The number of H-pyrrole nitrogens is 1. The quantitative estimate of drug-likeness (QED) is 0.841. The third-order valence-electron chi connectivity index (χ3n) is 5.28. The molecule has 2 aromatic rings. The smallest absolute Gasteiger partial charge is 0.274 e. The predicted molar refractivity (Wildman–Crippen MR) is 96.0 cm³/mol. The largest absolute Gasteiger partial charge is 0.386 e. The molecule has 0 unspecified atom stereocenters. The number of fused-ring (bicyclic) bond motifs is 1. The SMILES string of the molecule is CN(C[C@]1(O)CCCN(c2ncccn2)C1)C(=O)c1n[nH]c2c1CCC2. The summed E-state index contributed by atoms with van der Waals surface area (Å²) in [6.45, 7) is 1.47. The van der Waals surface area contributed by atoms with Crippen molar-refractivity contribution >= 4 is 11.9 Å². The maximum atomic E-state index is 12.8. The second-order valence-electron chi connectivity index (χ2n) is 7.34. The average molecular weight is 356 g/mol. The number of aryl methyl sites for hydroxylation is 1. The first-order valence-corrected chi connectivity index (χ1v) is 9.12. The highest BCUT2D eigenvalue weighted by molar-refractivity contribution is 5.94. The average Bonchev–Trinajstić information content (AvgIpc) is 3.25. The molecular formula is C18H24N6O2. The number of carbonyl (C=O) groups is 1. The topological polar surface area (TPSA) is 98.2 Å². The highest BCUT2D eigenvalue weighted by atomic mass is 16.3. The van der Waals surface area contributed by atoms with Gasteiger partial charge in [-0.1, -0.05) is 0 Å². The number of aromatic amines is 1. The Morgan fingerprint density at radius 3 is 2.96 bits per heavy atom. The lowest BCUT2D eigenvalue weighted by Crippen LogP contribution is -2.55. The van der Waals surface area contributed by atoms with E-state index in [0.717, 1.165) is 43.5 Å². The van der Waals surface area contributed by atoms with Crippen LogP contribution in [0.15, 0.2) is 18.5 Å². The molecule has 2 aliphatic rings. The van der Waals surface area contributed by atoms with Crippen LogP contribution in [0.5, 0.6) is 0 Å². The van der Waals surface area contributed by atoms with Gasteiger partial charge in [0.05, 0.1) is 18.7 Å². The van der Waals surface area contributed by atoms with Crippen LogP contribution in [0.3, 0.4) is 0 Å². The van der Waals surface area contributed by atoms with Crippen LogP contribution >= 0.6 is 0 Å². The van der Waals surface area contributed by atoms with Gasteiger partial charge < -0.3 is 14.9 Å². The number of hydrogen-bond donors (Lipinski definition) is 2. The minimum atomic E-state index is -0.985. The molecule has 26 heavy (non-hydrogen) atoms. The summed E-state index contributed by atoms with van der Waals surface area (Å²) in [5, 5.41) is 18.3. The number of nitrogens with one attached hydrogen (secondary N) is 1. The van der Waals surface area contributed by atoms with Crippen LogP contribution in [0.1, 0.15) is 41.0 Å². The van der Waals surface area contributed by atoms with Gasteiger partial charge in [0.2, 0.25) is 5.95 Å². The van der Waals surface area contributed by atoms with E-state index in [2.05, 4.69) is 20.2 Å². The van der Waals surface area contributed by atoms with E-state index in [1.165, 1.54) is 0 Å². The van der Waals surface area contributed by atoms with E-state index in [-0.39, 0.29) is 12.5 Å². The van der Waals surface area contributed by atoms with Crippen molar-refractivity contribution < 1.29 is 9.90 Å². The van der Waals surface area contributed by atoms with Gasteiger partial charge in [-0.25, -0.2) is 9.97 Å². The molecule has 4 rings (SSSR count). The first-order valence-electron chi connectivity index (χ1n) is 9.12. The number of hydrogen-bond acceptors (Lipinski definition) is 6.